The normalized spacial score (nSPS) is 11.2. The van der Waals surface area contributed by atoms with Crippen LogP contribution in [-0.4, -0.2) is 12.5 Å². The summed E-state index contributed by atoms with van der Waals surface area (Å²) in [7, 11) is 0. The van der Waals surface area contributed by atoms with Crippen LogP contribution in [0.1, 0.15) is 31.1 Å². The van der Waals surface area contributed by atoms with E-state index in [1.54, 1.807) is 18.2 Å². The Kier molecular flexibility index (Phi) is 3.42. The summed E-state index contributed by atoms with van der Waals surface area (Å²) >= 11 is 0. The molecule has 0 saturated carbocycles. The predicted octanol–water partition coefficient (Wildman–Crippen LogP) is 1.63. The van der Waals surface area contributed by atoms with E-state index in [1.165, 1.54) is 0 Å². The highest BCUT2D eigenvalue weighted by atomic mass is 16.1. The molecule has 0 bridgehead atoms. The molecule has 0 aliphatic heterocycles. The number of hydrogen-bond acceptors (Lipinski definition) is 3. The van der Waals surface area contributed by atoms with Crippen LogP contribution in [0, 0.1) is 5.41 Å². The van der Waals surface area contributed by atoms with E-state index in [0.717, 1.165) is 0 Å². The Morgan fingerprint density at radius 1 is 1.19 bits per heavy atom. The van der Waals surface area contributed by atoms with Crippen molar-refractivity contribution >= 4 is 17.3 Å². The summed E-state index contributed by atoms with van der Waals surface area (Å²) in [4.78, 5) is 11.8. The van der Waals surface area contributed by atoms with Gasteiger partial charge in [-0.2, -0.15) is 0 Å². The van der Waals surface area contributed by atoms with Gasteiger partial charge in [-0.15, -0.1) is 0 Å². The molecule has 0 aliphatic rings. The van der Waals surface area contributed by atoms with Crippen LogP contribution >= 0.6 is 0 Å². The lowest BCUT2D eigenvalue weighted by Gasteiger charge is -2.18. The number of nitrogens with one attached hydrogen (secondary N) is 1. The van der Waals surface area contributed by atoms with Gasteiger partial charge in [0.1, 0.15) is 0 Å². The van der Waals surface area contributed by atoms with Crippen LogP contribution in [0.25, 0.3) is 0 Å². The number of nitrogens with two attached hydrogens (primary N) is 2. The highest BCUT2D eigenvalue weighted by molar-refractivity contribution is 5.96. The zero-order chi connectivity index (χ0) is 12.3. The van der Waals surface area contributed by atoms with Gasteiger partial charge in [0.25, 0.3) is 5.91 Å². The van der Waals surface area contributed by atoms with Crippen molar-refractivity contribution in [2.75, 3.05) is 18.0 Å². The van der Waals surface area contributed by atoms with Gasteiger partial charge in [-0.05, 0) is 23.6 Å². The molecule has 5 N–H and O–H groups in total. The Balaban J connectivity index is 2.73. The van der Waals surface area contributed by atoms with Crippen molar-refractivity contribution in [2.24, 2.45) is 5.41 Å². The number of benzene rings is 1. The molecule has 1 amide bonds. The third-order valence-corrected chi connectivity index (χ3v) is 2.02. The lowest BCUT2D eigenvalue weighted by Crippen LogP contribution is -2.32. The Labute approximate surface area is 96.0 Å². The quantitative estimate of drug-likeness (QED) is 0.664. The van der Waals surface area contributed by atoms with E-state index >= 15 is 0 Å². The van der Waals surface area contributed by atoms with Gasteiger partial charge >= 0.3 is 0 Å². The Hall–Kier alpha value is -1.71. The van der Waals surface area contributed by atoms with E-state index in [9.17, 15) is 4.79 Å². The van der Waals surface area contributed by atoms with E-state index in [0.29, 0.717) is 23.5 Å². The minimum atomic E-state index is -0.145. The van der Waals surface area contributed by atoms with Gasteiger partial charge in [0.05, 0.1) is 0 Å². The maximum Gasteiger partial charge on any atom is 0.251 e. The van der Waals surface area contributed by atoms with Crippen molar-refractivity contribution in [3.63, 3.8) is 0 Å². The molecule has 0 fully saturated rings. The van der Waals surface area contributed by atoms with E-state index in [-0.39, 0.29) is 11.3 Å². The molecule has 4 nitrogen and oxygen atoms in total. The first-order chi connectivity index (χ1) is 7.28. The summed E-state index contributed by atoms with van der Waals surface area (Å²) in [5.74, 6) is -0.145. The summed E-state index contributed by atoms with van der Waals surface area (Å²) in [6.45, 7) is 6.78. The number of amides is 1. The molecular weight excluding hydrogens is 202 g/mol. The number of nitrogen functional groups attached to an aromatic ring is 2. The monoisotopic (exact) mass is 221 g/mol. The van der Waals surface area contributed by atoms with Crippen molar-refractivity contribution < 1.29 is 4.79 Å². The SMILES string of the molecule is CC(C)(C)CNC(=O)c1cc(N)cc(N)c1. The number of carbonyl (C=O) groups is 1. The molecule has 0 unspecified atom stereocenters. The van der Waals surface area contributed by atoms with E-state index in [2.05, 4.69) is 26.1 Å². The van der Waals surface area contributed by atoms with Crippen LogP contribution in [0.5, 0.6) is 0 Å². The highest BCUT2D eigenvalue weighted by Crippen LogP contribution is 2.15. The number of hydrogen-bond donors (Lipinski definition) is 3. The average molecular weight is 221 g/mol. The molecule has 1 aromatic carbocycles. The summed E-state index contributed by atoms with van der Waals surface area (Å²) in [6.07, 6.45) is 0. The van der Waals surface area contributed by atoms with Gasteiger partial charge in [0.2, 0.25) is 0 Å². The van der Waals surface area contributed by atoms with Gasteiger partial charge in [0, 0.05) is 23.5 Å². The molecule has 0 atom stereocenters. The first-order valence-corrected chi connectivity index (χ1v) is 5.22. The fourth-order valence-corrected chi connectivity index (χ4v) is 1.26. The molecule has 4 heteroatoms. The molecule has 16 heavy (non-hydrogen) atoms. The molecule has 0 aliphatic carbocycles. The highest BCUT2D eigenvalue weighted by Gasteiger charge is 2.13. The average Bonchev–Trinajstić information content (AvgIpc) is 2.11. The van der Waals surface area contributed by atoms with Crippen molar-refractivity contribution in [3.8, 4) is 0 Å². The summed E-state index contributed by atoms with van der Waals surface area (Å²) in [5, 5.41) is 2.84. The lowest BCUT2D eigenvalue weighted by molar-refractivity contribution is 0.0939. The van der Waals surface area contributed by atoms with Crippen molar-refractivity contribution in [3.05, 3.63) is 23.8 Å². The van der Waals surface area contributed by atoms with Crippen LogP contribution in [-0.2, 0) is 0 Å². The fourth-order valence-electron chi connectivity index (χ4n) is 1.26. The molecule has 0 saturated heterocycles. The molecule has 0 radical (unpaired) electrons. The lowest BCUT2D eigenvalue weighted by atomic mass is 9.97. The van der Waals surface area contributed by atoms with Gasteiger partial charge in [0.15, 0.2) is 0 Å². The maximum atomic E-state index is 11.8. The van der Waals surface area contributed by atoms with Gasteiger partial charge in [-0.3, -0.25) is 4.79 Å². The zero-order valence-electron chi connectivity index (χ0n) is 10.0. The van der Waals surface area contributed by atoms with Crippen LogP contribution in [0.4, 0.5) is 11.4 Å². The smallest absolute Gasteiger partial charge is 0.251 e. The van der Waals surface area contributed by atoms with Crippen molar-refractivity contribution in [2.45, 2.75) is 20.8 Å². The van der Waals surface area contributed by atoms with Gasteiger partial charge < -0.3 is 16.8 Å². The summed E-state index contributed by atoms with van der Waals surface area (Å²) in [5.41, 5.74) is 12.8. The molecule has 88 valence electrons. The van der Waals surface area contributed by atoms with Gasteiger partial charge in [-0.25, -0.2) is 0 Å². The van der Waals surface area contributed by atoms with Crippen LogP contribution in [0.3, 0.4) is 0 Å². The molecule has 1 aromatic rings. The first kappa shape index (κ1) is 12.4. The van der Waals surface area contributed by atoms with Gasteiger partial charge in [-0.1, -0.05) is 20.8 Å². The third-order valence-electron chi connectivity index (χ3n) is 2.02. The van der Waals surface area contributed by atoms with Crippen LogP contribution in [0.15, 0.2) is 18.2 Å². The zero-order valence-corrected chi connectivity index (χ0v) is 10.0. The van der Waals surface area contributed by atoms with Crippen molar-refractivity contribution in [1.82, 2.24) is 5.32 Å². The molecule has 1 rings (SSSR count). The number of rotatable bonds is 2. The Morgan fingerprint density at radius 2 is 1.69 bits per heavy atom. The molecular formula is C12H19N3O. The minimum absolute atomic E-state index is 0.0571. The molecule has 0 heterocycles. The second kappa shape index (κ2) is 4.43. The number of carbonyl (C=O) groups excluding carboxylic acids is 1. The van der Waals surface area contributed by atoms with Crippen LogP contribution < -0.4 is 16.8 Å². The molecule has 0 aromatic heterocycles. The second-order valence-corrected chi connectivity index (χ2v) is 5.13. The summed E-state index contributed by atoms with van der Waals surface area (Å²) < 4.78 is 0. The molecule has 0 spiro atoms. The summed E-state index contributed by atoms with van der Waals surface area (Å²) in [6, 6.07) is 4.86. The standard InChI is InChI=1S/C12H19N3O/c1-12(2,3)7-15-11(16)8-4-9(13)6-10(14)5-8/h4-6H,7,13-14H2,1-3H3,(H,15,16). The Morgan fingerprint density at radius 3 is 2.12 bits per heavy atom. The van der Waals surface area contributed by atoms with E-state index in [1.807, 2.05) is 0 Å². The Bertz CT molecular complexity index is 373. The fraction of sp³-hybridized carbons (Fsp3) is 0.417. The van der Waals surface area contributed by atoms with E-state index in [4.69, 9.17) is 11.5 Å². The van der Waals surface area contributed by atoms with Crippen molar-refractivity contribution in [1.29, 1.82) is 0 Å². The van der Waals surface area contributed by atoms with Crippen LogP contribution in [0.2, 0.25) is 0 Å². The largest absolute Gasteiger partial charge is 0.399 e. The number of anilines is 2. The maximum absolute atomic E-state index is 11.8. The topological polar surface area (TPSA) is 81.1 Å². The minimum Gasteiger partial charge on any atom is -0.399 e. The predicted molar refractivity (Wildman–Crippen MR) is 67.1 cm³/mol. The third kappa shape index (κ3) is 3.81. The van der Waals surface area contributed by atoms with E-state index < -0.39 is 0 Å². The first-order valence-electron chi connectivity index (χ1n) is 5.22. The second-order valence-electron chi connectivity index (χ2n) is 5.13.